The van der Waals surface area contributed by atoms with Crippen molar-refractivity contribution in [1.82, 2.24) is 10.5 Å². The first kappa shape index (κ1) is 36.3. The third-order valence-corrected chi connectivity index (χ3v) is 8.92. The molecule has 7 rings (SSSR count). The fraction of sp³-hybridized carbons (Fsp3) is 0.238. The van der Waals surface area contributed by atoms with Crippen LogP contribution in [-0.2, 0) is 40.7 Å². The maximum absolute atomic E-state index is 10.6. The molecule has 51 heavy (non-hydrogen) atoms. The number of nitrogens with one attached hydrogen (secondary N) is 1. The molecule has 1 heterocycles. The summed E-state index contributed by atoms with van der Waals surface area (Å²) in [5.41, 5.74) is 7.33. The van der Waals surface area contributed by atoms with E-state index in [-0.39, 0.29) is 13.2 Å². The predicted molar refractivity (Wildman–Crippen MR) is 197 cm³/mol. The largest absolute Gasteiger partial charge is 0.394 e. The number of nitrogens with zero attached hydrogens (tertiary/aromatic N) is 1. The molecular weight excluding hydrogens is 644 g/mol. The topological polar surface area (TPSA) is 124 Å². The number of hydroxylamine groups is 3. The summed E-state index contributed by atoms with van der Waals surface area (Å²) in [7, 11) is 0. The zero-order chi connectivity index (χ0) is 35.4. The van der Waals surface area contributed by atoms with Crippen LogP contribution in [0, 0.1) is 0 Å². The number of rotatable bonds is 12. The molecule has 5 N–H and O–H groups in total. The lowest BCUT2D eigenvalue weighted by molar-refractivity contribution is -0.342. The minimum absolute atomic E-state index is 0.223. The summed E-state index contributed by atoms with van der Waals surface area (Å²) in [5, 5.41) is 46.7. The molecule has 9 nitrogen and oxygen atoms in total. The van der Waals surface area contributed by atoms with E-state index in [0.29, 0.717) is 13.2 Å². The molecule has 1 aliphatic heterocycles. The highest BCUT2D eigenvalue weighted by atomic mass is 16.7. The van der Waals surface area contributed by atoms with E-state index in [1.54, 1.807) is 0 Å². The van der Waals surface area contributed by atoms with Crippen molar-refractivity contribution in [2.75, 3.05) is 6.61 Å². The first-order valence-corrected chi connectivity index (χ1v) is 17.1. The fourth-order valence-corrected chi connectivity index (χ4v) is 6.14. The first-order chi connectivity index (χ1) is 25.0. The Morgan fingerprint density at radius 3 is 1.73 bits per heavy atom. The van der Waals surface area contributed by atoms with E-state index >= 15 is 0 Å². The van der Waals surface area contributed by atoms with Crippen molar-refractivity contribution in [3.8, 4) is 0 Å². The molecule has 0 radical (unpaired) electrons. The highest BCUT2D eigenvalue weighted by Crippen LogP contribution is 2.28. The van der Waals surface area contributed by atoms with Crippen LogP contribution in [0.15, 0.2) is 146 Å². The second-order valence-electron chi connectivity index (χ2n) is 12.4. The Labute approximate surface area is 297 Å². The number of ether oxygens (including phenoxy) is 1. The summed E-state index contributed by atoms with van der Waals surface area (Å²) in [4.78, 5) is 11.6. The zero-order valence-electron chi connectivity index (χ0n) is 28.2. The summed E-state index contributed by atoms with van der Waals surface area (Å²) >= 11 is 0. The molecule has 0 saturated carbocycles. The van der Waals surface area contributed by atoms with Crippen molar-refractivity contribution in [1.29, 1.82) is 0 Å². The summed E-state index contributed by atoms with van der Waals surface area (Å²) in [5.74, 6) is 0. The average Bonchev–Trinajstić information content (AvgIpc) is 3.18. The van der Waals surface area contributed by atoms with Gasteiger partial charge in [-0.25, -0.2) is 0 Å². The molecule has 1 saturated heterocycles. The van der Waals surface area contributed by atoms with E-state index in [1.165, 1.54) is 21.4 Å². The number of hydrogen-bond donors (Lipinski definition) is 5. The van der Waals surface area contributed by atoms with Crippen molar-refractivity contribution in [2.45, 2.75) is 56.9 Å². The molecule has 264 valence electrons. The van der Waals surface area contributed by atoms with Gasteiger partial charge in [0.2, 0.25) is 0 Å². The molecule has 0 amide bonds. The molecule has 6 aromatic rings. The van der Waals surface area contributed by atoms with Crippen molar-refractivity contribution < 1.29 is 34.8 Å². The van der Waals surface area contributed by atoms with Crippen molar-refractivity contribution in [3.05, 3.63) is 168 Å². The van der Waals surface area contributed by atoms with Crippen LogP contribution >= 0.6 is 0 Å². The quantitative estimate of drug-likeness (QED) is 0.0822. The van der Waals surface area contributed by atoms with Gasteiger partial charge in [0.05, 0.1) is 26.4 Å². The Hall–Kier alpha value is -4.52. The van der Waals surface area contributed by atoms with E-state index in [1.807, 2.05) is 91.0 Å². The smallest absolute Gasteiger partial charge is 0.162 e. The zero-order valence-corrected chi connectivity index (χ0v) is 28.2. The van der Waals surface area contributed by atoms with Gasteiger partial charge in [0.25, 0.3) is 0 Å². The normalized spacial score (nSPS) is 20.3. The maximum Gasteiger partial charge on any atom is 0.162 e. The first-order valence-electron chi connectivity index (χ1n) is 17.1. The van der Waals surface area contributed by atoms with Crippen LogP contribution in [0.2, 0.25) is 0 Å². The van der Waals surface area contributed by atoms with Crippen molar-refractivity contribution in [3.63, 3.8) is 0 Å². The van der Waals surface area contributed by atoms with Crippen LogP contribution in [0.25, 0.3) is 21.5 Å². The van der Waals surface area contributed by atoms with Gasteiger partial charge in [0.15, 0.2) is 6.23 Å². The Balaban J connectivity index is 0.000000193. The molecule has 0 aromatic heterocycles. The summed E-state index contributed by atoms with van der Waals surface area (Å²) in [6, 6.07) is 48.3. The molecule has 0 bridgehead atoms. The average molecular weight is 689 g/mol. The van der Waals surface area contributed by atoms with E-state index in [4.69, 9.17) is 14.4 Å². The standard InChI is InChI=1S/C24H27NO6.C18H17NO/c26-14-20-21(27)22(28)23(29)24(31-20)25(30-15-16-7-2-1-3-8-16)13-18-11-6-10-17-9-4-5-12-19(17)18;1-2-7-15(8-3-1)14-20-19-13-17-11-6-10-16-9-4-5-12-18(16)17/h1-12,20-24,26-29H,13-15H2;1-12,19H,13-14H2/t20?,21-,22+,23?,24-;/m1./s1. The molecule has 1 aliphatic rings. The summed E-state index contributed by atoms with van der Waals surface area (Å²) in [6.07, 6.45) is -6.43. The van der Waals surface area contributed by atoms with Gasteiger partial charge in [0, 0.05) is 6.54 Å². The molecule has 0 spiro atoms. The lowest BCUT2D eigenvalue weighted by Gasteiger charge is -2.44. The van der Waals surface area contributed by atoms with Crippen LogP contribution in [0.5, 0.6) is 0 Å². The van der Waals surface area contributed by atoms with E-state index in [9.17, 15) is 20.4 Å². The van der Waals surface area contributed by atoms with Gasteiger partial charge in [-0.05, 0) is 43.8 Å². The summed E-state index contributed by atoms with van der Waals surface area (Å²) in [6.45, 7) is 1.26. The lowest BCUT2D eigenvalue weighted by Crippen LogP contribution is -2.63. The Morgan fingerprint density at radius 1 is 0.569 bits per heavy atom. The van der Waals surface area contributed by atoms with Crippen molar-refractivity contribution >= 4 is 21.5 Å². The van der Waals surface area contributed by atoms with Crippen LogP contribution in [0.1, 0.15) is 22.3 Å². The number of benzene rings is 6. The second kappa shape index (κ2) is 18.1. The van der Waals surface area contributed by atoms with Gasteiger partial charge in [-0.1, -0.05) is 146 Å². The van der Waals surface area contributed by atoms with Gasteiger partial charge in [-0.15, -0.1) is 0 Å². The van der Waals surface area contributed by atoms with Crippen molar-refractivity contribution in [2.24, 2.45) is 0 Å². The number of aliphatic hydroxyl groups excluding tert-OH is 4. The minimum atomic E-state index is -1.48. The molecule has 2 unspecified atom stereocenters. The van der Waals surface area contributed by atoms with Gasteiger partial charge >= 0.3 is 0 Å². The number of fused-ring (bicyclic) bond motifs is 2. The number of hydrogen-bond acceptors (Lipinski definition) is 9. The van der Waals surface area contributed by atoms with Crippen LogP contribution in [-0.4, -0.2) is 62.7 Å². The third-order valence-electron chi connectivity index (χ3n) is 8.92. The molecule has 0 aliphatic carbocycles. The molecular formula is C42H44N2O7. The van der Waals surface area contributed by atoms with Crippen LogP contribution < -0.4 is 5.48 Å². The van der Waals surface area contributed by atoms with E-state index in [0.717, 1.165) is 27.5 Å². The second-order valence-corrected chi connectivity index (χ2v) is 12.4. The fourth-order valence-electron chi connectivity index (χ4n) is 6.14. The highest BCUT2D eigenvalue weighted by molar-refractivity contribution is 5.86. The molecule has 6 aromatic carbocycles. The lowest BCUT2D eigenvalue weighted by atomic mass is 9.98. The Bertz CT molecular complexity index is 1930. The van der Waals surface area contributed by atoms with Gasteiger partial charge in [0.1, 0.15) is 24.4 Å². The minimum Gasteiger partial charge on any atom is -0.394 e. The molecule has 9 heteroatoms. The number of aliphatic hydroxyl groups is 4. The highest BCUT2D eigenvalue weighted by Gasteiger charge is 2.46. The molecule has 5 atom stereocenters. The monoisotopic (exact) mass is 688 g/mol. The Kier molecular flexibility index (Phi) is 12.9. The van der Waals surface area contributed by atoms with Gasteiger partial charge in [-0.3, -0.25) is 9.68 Å². The van der Waals surface area contributed by atoms with E-state index < -0.39 is 37.3 Å². The van der Waals surface area contributed by atoms with E-state index in [2.05, 4.69) is 60.1 Å². The third kappa shape index (κ3) is 9.43. The SMILES string of the molecule is OCC1O[C@@H](N(Cc2cccc3ccccc23)OCc2ccccc2)C(O)[C@@H](O)[C@@H]1O.c1ccc(CONCc2cccc3ccccc23)cc1. The molecule has 1 fully saturated rings. The Morgan fingerprint density at radius 2 is 1.10 bits per heavy atom. The van der Waals surface area contributed by atoms with Crippen LogP contribution in [0.4, 0.5) is 0 Å². The van der Waals surface area contributed by atoms with Crippen LogP contribution in [0.3, 0.4) is 0 Å². The van der Waals surface area contributed by atoms with Gasteiger partial charge < -0.3 is 25.2 Å². The maximum atomic E-state index is 10.6. The summed E-state index contributed by atoms with van der Waals surface area (Å²) < 4.78 is 5.76. The predicted octanol–water partition coefficient (Wildman–Crippen LogP) is 5.63. The van der Waals surface area contributed by atoms with Gasteiger partial charge in [-0.2, -0.15) is 10.5 Å².